The van der Waals surface area contributed by atoms with E-state index in [1.165, 1.54) is 12.1 Å². The van der Waals surface area contributed by atoms with Crippen LogP contribution in [-0.2, 0) is 0 Å². The van der Waals surface area contributed by atoms with Gasteiger partial charge in [0, 0.05) is 11.6 Å². The fourth-order valence-corrected chi connectivity index (χ4v) is 1.59. The molecule has 2 aromatic rings. The average Bonchev–Trinajstić information content (AvgIpc) is 2.26. The molecule has 5 nitrogen and oxygen atoms in total. The molecule has 0 amide bonds. The number of hydrogen-bond acceptors (Lipinski definition) is 3. The van der Waals surface area contributed by atoms with Crippen molar-refractivity contribution in [2.75, 3.05) is 0 Å². The molecule has 2 rings (SSSR count). The first-order valence-electron chi connectivity index (χ1n) is 5.08. The summed E-state index contributed by atoms with van der Waals surface area (Å²) in [5, 5.41) is 8.83. The molecule has 1 aromatic heterocycles. The fourth-order valence-electron chi connectivity index (χ4n) is 1.59. The summed E-state index contributed by atoms with van der Waals surface area (Å²) >= 11 is 0. The van der Waals surface area contributed by atoms with Gasteiger partial charge in [0.2, 0.25) is 0 Å². The van der Waals surface area contributed by atoms with Gasteiger partial charge >= 0.3 is 5.97 Å². The van der Waals surface area contributed by atoms with Gasteiger partial charge < -0.3 is 10.1 Å². The zero-order valence-corrected chi connectivity index (χ0v) is 9.40. The number of hydrogen-bond donors (Lipinski definition) is 2. The third-order valence-electron chi connectivity index (χ3n) is 2.30. The quantitative estimate of drug-likeness (QED) is 0.845. The van der Waals surface area contributed by atoms with Gasteiger partial charge in [0.1, 0.15) is 11.6 Å². The number of aromatic carboxylic acids is 1. The highest BCUT2D eigenvalue weighted by Gasteiger charge is 2.10. The van der Waals surface area contributed by atoms with Crippen molar-refractivity contribution in [1.82, 2.24) is 9.97 Å². The molecule has 0 saturated carbocycles. The zero-order valence-electron chi connectivity index (χ0n) is 9.40. The summed E-state index contributed by atoms with van der Waals surface area (Å²) in [6.07, 6.45) is 0. The highest BCUT2D eigenvalue weighted by molar-refractivity contribution is 5.89. The number of benzene rings is 1. The Balaban J connectivity index is 2.63. The Bertz CT molecular complexity index is 679. The second kappa shape index (κ2) is 4.40. The molecule has 0 bridgehead atoms. The topological polar surface area (TPSA) is 83.0 Å². The number of H-pyrrole nitrogens is 1. The molecule has 0 saturated heterocycles. The van der Waals surface area contributed by atoms with E-state index in [0.717, 1.165) is 12.1 Å². The second-order valence-corrected chi connectivity index (χ2v) is 3.75. The summed E-state index contributed by atoms with van der Waals surface area (Å²) in [5.74, 6) is -1.56. The van der Waals surface area contributed by atoms with E-state index in [1.807, 2.05) is 0 Å². The Labute approximate surface area is 101 Å². The first-order chi connectivity index (χ1) is 8.45. The molecule has 0 spiro atoms. The first kappa shape index (κ1) is 12.0. The molecule has 0 fully saturated rings. The number of halogens is 1. The Morgan fingerprint density at radius 3 is 2.67 bits per heavy atom. The largest absolute Gasteiger partial charge is 0.478 e. The smallest absolute Gasteiger partial charge is 0.335 e. The molecule has 0 aliphatic heterocycles. The van der Waals surface area contributed by atoms with Crippen LogP contribution >= 0.6 is 0 Å². The Morgan fingerprint density at radius 2 is 2.06 bits per heavy atom. The summed E-state index contributed by atoms with van der Waals surface area (Å²) in [7, 11) is 0. The van der Waals surface area contributed by atoms with Crippen molar-refractivity contribution >= 4 is 5.97 Å². The fraction of sp³-hybridized carbons (Fsp3) is 0.0833. The van der Waals surface area contributed by atoms with Gasteiger partial charge in [0.25, 0.3) is 5.56 Å². The summed E-state index contributed by atoms with van der Waals surface area (Å²) in [6, 6.07) is 4.50. The predicted molar refractivity (Wildman–Crippen MR) is 61.9 cm³/mol. The number of aryl methyl sites for hydroxylation is 1. The average molecular weight is 248 g/mol. The van der Waals surface area contributed by atoms with E-state index in [9.17, 15) is 14.0 Å². The third kappa shape index (κ3) is 2.42. The highest BCUT2D eigenvalue weighted by Crippen LogP contribution is 2.19. The van der Waals surface area contributed by atoms with Crippen LogP contribution in [0.2, 0.25) is 0 Å². The number of nitrogens with zero attached hydrogens (tertiary/aromatic N) is 1. The molecule has 0 atom stereocenters. The molecule has 92 valence electrons. The van der Waals surface area contributed by atoms with E-state index in [-0.39, 0.29) is 22.4 Å². The second-order valence-electron chi connectivity index (χ2n) is 3.75. The molecule has 0 aliphatic rings. The molecular formula is C12H9FN2O3. The number of aromatic nitrogens is 2. The monoisotopic (exact) mass is 248 g/mol. The van der Waals surface area contributed by atoms with E-state index in [0.29, 0.717) is 5.82 Å². The maximum atomic E-state index is 13.3. The molecular weight excluding hydrogens is 239 g/mol. The van der Waals surface area contributed by atoms with E-state index in [2.05, 4.69) is 9.97 Å². The van der Waals surface area contributed by atoms with Crippen molar-refractivity contribution in [1.29, 1.82) is 0 Å². The summed E-state index contributed by atoms with van der Waals surface area (Å²) in [4.78, 5) is 28.6. The van der Waals surface area contributed by atoms with Crippen molar-refractivity contribution in [3.8, 4) is 11.3 Å². The van der Waals surface area contributed by atoms with Crippen LogP contribution in [0.25, 0.3) is 11.3 Å². The van der Waals surface area contributed by atoms with Crippen LogP contribution in [0.4, 0.5) is 4.39 Å². The molecule has 1 heterocycles. The molecule has 2 N–H and O–H groups in total. The van der Waals surface area contributed by atoms with Gasteiger partial charge in [-0.3, -0.25) is 4.79 Å². The lowest BCUT2D eigenvalue weighted by atomic mass is 10.1. The number of carbonyl (C=O) groups is 1. The number of carboxylic acids is 1. The van der Waals surface area contributed by atoms with Crippen molar-refractivity contribution < 1.29 is 14.3 Å². The van der Waals surface area contributed by atoms with Gasteiger partial charge in [-0.05, 0) is 25.1 Å². The minimum atomic E-state index is -1.24. The van der Waals surface area contributed by atoms with Crippen LogP contribution in [0.3, 0.4) is 0 Å². The Morgan fingerprint density at radius 1 is 1.33 bits per heavy atom. The van der Waals surface area contributed by atoms with E-state index < -0.39 is 11.8 Å². The molecule has 0 unspecified atom stereocenters. The van der Waals surface area contributed by atoms with Crippen LogP contribution in [-0.4, -0.2) is 21.0 Å². The lowest BCUT2D eigenvalue weighted by molar-refractivity contribution is 0.0696. The maximum Gasteiger partial charge on any atom is 0.335 e. The first-order valence-corrected chi connectivity index (χ1v) is 5.08. The van der Waals surface area contributed by atoms with Gasteiger partial charge in [0.15, 0.2) is 0 Å². The summed E-state index contributed by atoms with van der Waals surface area (Å²) in [5.41, 5.74) is -0.0804. The summed E-state index contributed by atoms with van der Waals surface area (Å²) in [6.45, 7) is 1.59. The maximum absolute atomic E-state index is 13.3. The zero-order chi connectivity index (χ0) is 13.3. The number of nitrogens with one attached hydrogen (secondary N) is 1. The van der Waals surface area contributed by atoms with Gasteiger partial charge in [-0.25, -0.2) is 14.2 Å². The van der Waals surface area contributed by atoms with Crippen molar-refractivity contribution in [2.24, 2.45) is 0 Å². The van der Waals surface area contributed by atoms with Gasteiger partial charge in [0.05, 0.1) is 11.3 Å². The van der Waals surface area contributed by atoms with Crippen LogP contribution in [0.5, 0.6) is 0 Å². The molecule has 1 aromatic carbocycles. The van der Waals surface area contributed by atoms with E-state index >= 15 is 0 Å². The lowest BCUT2D eigenvalue weighted by Crippen LogP contribution is -2.09. The molecule has 0 radical (unpaired) electrons. The SMILES string of the molecule is Cc1nc(-c2cc(F)cc(C(=O)O)c2)cc(=O)[nH]1. The van der Waals surface area contributed by atoms with Crippen LogP contribution in [0.15, 0.2) is 29.1 Å². The van der Waals surface area contributed by atoms with Crippen molar-refractivity contribution in [3.05, 3.63) is 51.8 Å². The lowest BCUT2D eigenvalue weighted by Gasteiger charge is -2.03. The van der Waals surface area contributed by atoms with Crippen molar-refractivity contribution in [3.63, 3.8) is 0 Å². The third-order valence-corrected chi connectivity index (χ3v) is 2.30. The van der Waals surface area contributed by atoms with Crippen LogP contribution in [0.1, 0.15) is 16.2 Å². The number of aromatic amines is 1. The van der Waals surface area contributed by atoms with Gasteiger partial charge in [-0.2, -0.15) is 0 Å². The normalized spacial score (nSPS) is 10.3. The van der Waals surface area contributed by atoms with E-state index in [1.54, 1.807) is 6.92 Å². The van der Waals surface area contributed by atoms with Crippen molar-refractivity contribution in [2.45, 2.75) is 6.92 Å². The van der Waals surface area contributed by atoms with Gasteiger partial charge in [-0.1, -0.05) is 0 Å². The Kier molecular flexibility index (Phi) is 2.93. The molecule has 0 aliphatic carbocycles. The van der Waals surface area contributed by atoms with Crippen LogP contribution < -0.4 is 5.56 Å². The standard InChI is InChI=1S/C12H9FN2O3/c1-6-14-10(5-11(16)15-6)7-2-8(12(17)18)4-9(13)3-7/h2-5H,1H3,(H,17,18)(H,14,15,16). The van der Waals surface area contributed by atoms with Crippen LogP contribution in [0, 0.1) is 12.7 Å². The highest BCUT2D eigenvalue weighted by atomic mass is 19.1. The minimum absolute atomic E-state index is 0.190. The predicted octanol–water partition coefficient (Wildman–Crippen LogP) is 1.58. The van der Waals surface area contributed by atoms with Gasteiger partial charge in [-0.15, -0.1) is 0 Å². The number of carboxylic acid groups (broad SMARTS) is 1. The number of rotatable bonds is 2. The Hall–Kier alpha value is -2.50. The molecule has 18 heavy (non-hydrogen) atoms. The minimum Gasteiger partial charge on any atom is -0.478 e. The summed E-state index contributed by atoms with van der Waals surface area (Å²) < 4.78 is 13.3. The van der Waals surface area contributed by atoms with E-state index in [4.69, 9.17) is 5.11 Å². The molecule has 6 heteroatoms.